The smallest absolute Gasteiger partial charge is 0.283 e. The number of hydrogen-bond donors (Lipinski definition) is 1. The minimum atomic E-state index is -2.62. The van der Waals surface area contributed by atoms with Crippen LogP contribution in [-0.4, -0.2) is 33.8 Å². The first kappa shape index (κ1) is 17.6. The van der Waals surface area contributed by atoms with E-state index in [9.17, 15) is 4.79 Å². The molecule has 4 rings (SSSR count). The zero-order valence-corrected chi connectivity index (χ0v) is 18.2. The number of hydrogen-bond acceptors (Lipinski definition) is 3. The first-order valence-electron chi connectivity index (χ1n) is 11.1. The molecule has 30 heavy (non-hydrogen) atoms. The van der Waals surface area contributed by atoms with Gasteiger partial charge in [0.2, 0.25) is 0 Å². The van der Waals surface area contributed by atoms with Gasteiger partial charge in [-0.05, 0) is 50.0 Å². The molecular formula is C22H21Cl3N4O. The Bertz CT molecular complexity index is 1170. The molecule has 1 fully saturated rings. The second-order valence-corrected chi connectivity index (χ2v) is 8.36. The maximum Gasteiger partial charge on any atom is 0.286 e. The first-order valence-corrected chi connectivity index (χ1v) is 10.7. The summed E-state index contributed by atoms with van der Waals surface area (Å²) in [6, 6.07) is 11.4. The maximum absolute atomic E-state index is 13.2. The number of carbonyl (C=O) groups is 1. The van der Waals surface area contributed by atoms with E-state index in [2.05, 4.69) is 10.5 Å². The maximum atomic E-state index is 13.2. The van der Waals surface area contributed by atoms with E-state index in [1.807, 2.05) is 0 Å². The van der Waals surface area contributed by atoms with E-state index >= 15 is 0 Å². The number of aromatic nitrogens is 2. The number of carbonyl (C=O) groups excluding carboxylic acids is 1. The van der Waals surface area contributed by atoms with Gasteiger partial charge in [0.25, 0.3) is 5.91 Å². The fraction of sp³-hybridized carbons (Fsp3) is 0.273. The summed E-state index contributed by atoms with van der Waals surface area (Å²) in [6.07, 6.45) is 3.01. The lowest BCUT2D eigenvalue weighted by Gasteiger charge is -2.26. The number of nitrogens with zero attached hydrogens (tertiary/aromatic N) is 3. The molecule has 0 atom stereocenters. The first-order chi connectivity index (χ1) is 15.6. The second-order valence-electron chi connectivity index (χ2n) is 7.08. The van der Waals surface area contributed by atoms with Crippen LogP contribution in [0.5, 0.6) is 0 Å². The fourth-order valence-electron chi connectivity index (χ4n) is 3.48. The fourth-order valence-corrected chi connectivity index (χ4v) is 4.10. The van der Waals surface area contributed by atoms with Gasteiger partial charge in [0, 0.05) is 38.4 Å². The third kappa shape index (κ3) is 4.35. The van der Waals surface area contributed by atoms with Crippen LogP contribution in [-0.2, 0) is 0 Å². The molecule has 2 heterocycles. The van der Waals surface area contributed by atoms with Crippen molar-refractivity contribution in [2.75, 3.05) is 13.1 Å². The van der Waals surface area contributed by atoms with Gasteiger partial charge in [0.15, 0.2) is 5.69 Å². The summed E-state index contributed by atoms with van der Waals surface area (Å²) in [5.74, 6) is -0.581. The number of amides is 1. The van der Waals surface area contributed by atoms with Crippen molar-refractivity contribution in [2.45, 2.75) is 26.1 Å². The summed E-state index contributed by atoms with van der Waals surface area (Å²) >= 11 is 18.6. The van der Waals surface area contributed by atoms with Crippen LogP contribution in [0.25, 0.3) is 16.9 Å². The van der Waals surface area contributed by atoms with E-state index in [4.69, 9.17) is 38.9 Å². The molecule has 1 aliphatic rings. The van der Waals surface area contributed by atoms with Crippen molar-refractivity contribution in [3.63, 3.8) is 0 Å². The molecule has 1 amide bonds. The SMILES string of the molecule is [3H]C([3H])([3H])c1c(C(=O)NN2CCCCC2)nn(-c2ccc(Cl)cc2Cl)c1-c1ccc(Cl)cc1. The van der Waals surface area contributed by atoms with Gasteiger partial charge in [-0.3, -0.25) is 10.2 Å². The minimum Gasteiger partial charge on any atom is -0.283 e. The largest absolute Gasteiger partial charge is 0.286 e. The van der Waals surface area contributed by atoms with Crippen molar-refractivity contribution < 1.29 is 8.91 Å². The van der Waals surface area contributed by atoms with Crippen LogP contribution < -0.4 is 5.43 Å². The minimum absolute atomic E-state index is 0.162. The standard InChI is InChI=1S/C22H21Cl3N4O/c1-14-20(22(30)27-28-11-3-2-4-12-28)26-29(19-10-9-17(24)13-18(19)25)21(14)15-5-7-16(23)8-6-15/h5-10,13H,2-4,11-12H2,1H3,(H,27,30)/i1T3. The molecule has 0 saturated carbocycles. The monoisotopic (exact) mass is 468 g/mol. The average Bonchev–Trinajstić information content (AvgIpc) is 3.16. The predicted molar refractivity (Wildman–Crippen MR) is 122 cm³/mol. The van der Waals surface area contributed by atoms with Gasteiger partial charge in [-0.1, -0.05) is 53.4 Å². The zero-order chi connectivity index (χ0) is 23.8. The van der Waals surface area contributed by atoms with Crippen molar-refractivity contribution >= 4 is 40.7 Å². The molecule has 0 unspecified atom stereocenters. The lowest BCUT2D eigenvalue weighted by molar-refractivity contribution is 0.0743. The Hall–Kier alpha value is -2.05. The van der Waals surface area contributed by atoms with E-state index < -0.39 is 12.8 Å². The molecule has 0 spiro atoms. The number of piperidine rings is 1. The third-order valence-corrected chi connectivity index (χ3v) is 5.76. The van der Waals surface area contributed by atoms with Crippen LogP contribution >= 0.6 is 34.8 Å². The summed E-state index contributed by atoms with van der Waals surface area (Å²) in [5.41, 5.74) is 3.63. The summed E-state index contributed by atoms with van der Waals surface area (Å²) in [7, 11) is 0. The molecule has 0 radical (unpaired) electrons. The molecule has 2 aromatic carbocycles. The van der Waals surface area contributed by atoms with Gasteiger partial charge in [0.05, 0.1) is 16.4 Å². The highest BCUT2D eigenvalue weighted by Crippen LogP contribution is 2.33. The van der Waals surface area contributed by atoms with Crippen LogP contribution in [0.3, 0.4) is 0 Å². The molecule has 156 valence electrons. The number of hydrazine groups is 1. The van der Waals surface area contributed by atoms with Gasteiger partial charge >= 0.3 is 0 Å². The highest BCUT2D eigenvalue weighted by molar-refractivity contribution is 6.35. The van der Waals surface area contributed by atoms with E-state index in [0.717, 1.165) is 19.3 Å². The molecule has 1 saturated heterocycles. The van der Waals surface area contributed by atoms with Gasteiger partial charge in [0.1, 0.15) is 0 Å². The molecule has 1 N–H and O–H groups in total. The molecule has 0 bridgehead atoms. The summed E-state index contributed by atoms with van der Waals surface area (Å²) in [5, 5.41) is 7.43. The molecule has 5 nitrogen and oxygen atoms in total. The molecule has 1 aliphatic heterocycles. The highest BCUT2D eigenvalue weighted by atomic mass is 35.5. The van der Waals surface area contributed by atoms with Crippen molar-refractivity contribution in [1.82, 2.24) is 20.2 Å². The van der Waals surface area contributed by atoms with Crippen LogP contribution in [0.15, 0.2) is 42.5 Å². The van der Waals surface area contributed by atoms with E-state index in [1.165, 1.54) is 10.7 Å². The van der Waals surface area contributed by atoms with Crippen molar-refractivity contribution in [1.29, 1.82) is 0 Å². The van der Waals surface area contributed by atoms with Gasteiger partial charge in [-0.15, -0.1) is 0 Å². The Kier molecular flexibility index (Phi) is 5.27. The number of rotatable bonds is 4. The highest BCUT2D eigenvalue weighted by Gasteiger charge is 2.24. The lowest BCUT2D eigenvalue weighted by Crippen LogP contribution is -2.45. The van der Waals surface area contributed by atoms with Crippen molar-refractivity contribution in [3.8, 4) is 16.9 Å². The van der Waals surface area contributed by atoms with E-state index in [0.29, 0.717) is 34.4 Å². The van der Waals surface area contributed by atoms with Crippen LogP contribution in [0.2, 0.25) is 15.1 Å². The Morgan fingerprint density at radius 3 is 2.40 bits per heavy atom. The van der Waals surface area contributed by atoms with Crippen molar-refractivity contribution in [2.24, 2.45) is 0 Å². The third-order valence-electron chi connectivity index (χ3n) is 4.97. The van der Waals surface area contributed by atoms with Gasteiger partial charge < -0.3 is 0 Å². The summed E-state index contributed by atoms with van der Waals surface area (Å²) in [4.78, 5) is 13.2. The zero-order valence-electron chi connectivity index (χ0n) is 19.0. The van der Waals surface area contributed by atoms with Crippen LogP contribution in [0.4, 0.5) is 0 Å². The van der Waals surface area contributed by atoms with Gasteiger partial charge in [-0.2, -0.15) is 5.10 Å². The number of halogens is 3. The van der Waals surface area contributed by atoms with Gasteiger partial charge in [-0.25, -0.2) is 9.69 Å². The molecule has 1 aromatic heterocycles. The van der Waals surface area contributed by atoms with Crippen molar-refractivity contribution in [3.05, 3.63) is 68.8 Å². The summed E-state index contributed by atoms with van der Waals surface area (Å²) in [6.45, 7) is -1.23. The second kappa shape index (κ2) is 8.98. The Balaban J connectivity index is 1.93. The number of nitrogens with one attached hydrogen (secondary N) is 1. The molecular weight excluding hydrogens is 443 g/mol. The van der Waals surface area contributed by atoms with E-state index in [-0.39, 0.29) is 22.0 Å². The quantitative estimate of drug-likeness (QED) is 0.514. The lowest BCUT2D eigenvalue weighted by atomic mass is 10.1. The molecule has 8 heteroatoms. The van der Waals surface area contributed by atoms with E-state index in [1.54, 1.807) is 41.4 Å². The molecule has 3 aromatic rings. The van der Waals surface area contributed by atoms with Crippen LogP contribution in [0, 0.1) is 6.85 Å². The Morgan fingerprint density at radius 1 is 1.03 bits per heavy atom. The normalized spacial score (nSPS) is 16.6. The molecule has 0 aliphatic carbocycles. The Morgan fingerprint density at radius 2 is 1.73 bits per heavy atom. The Labute approximate surface area is 194 Å². The van der Waals surface area contributed by atoms with Crippen LogP contribution in [0.1, 0.15) is 39.4 Å². The average molecular weight is 470 g/mol. The summed E-state index contributed by atoms with van der Waals surface area (Å²) < 4.78 is 26.1. The number of benzene rings is 2. The topological polar surface area (TPSA) is 50.2 Å². The predicted octanol–water partition coefficient (Wildman–Crippen LogP) is 5.94.